The topological polar surface area (TPSA) is 18.5 Å². The van der Waals surface area contributed by atoms with Crippen molar-refractivity contribution in [3.8, 4) is 11.5 Å². The van der Waals surface area contributed by atoms with Crippen molar-refractivity contribution in [2.45, 2.75) is 43.2 Å². The summed E-state index contributed by atoms with van der Waals surface area (Å²) in [5.41, 5.74) is 0.703. The highest BCUT2D eigenvalue weighted by Gasteiger charge is 2.82. The van der Waals surface area contributed by atoms with Crippen LogP contribution in [0.4, 0.5) is 30.7 Å². The van der Waals surface area contributed by atoms with Crippen LogP contribution in [-0.2, 0) is 6.42 Å². The molecule has 0 aliphatic heterocycles. The minimum Gasteiger partial charge on any atom is -0.493 e. The third-order valence-electron chi connectivity index (χ3n) is 4.06. The van der Waals surface area contributed by atoms with Gasteiger partial charge in [-0.15, -0.1) is 0 Å². The van der Waals surface area contributed by atoms with E-state index < -0.39 is 43.2 Å². The van der Waals surface area contributed by atoms with Gasteiger partial charge >= 0.3 is 17.8 Å². The number of benzene rings is 1. The standard InChI is InChI=1S/C16H16ClF7O2Si/c1-25-11-8-9(4-3-7-27(2)17)5-6-10(11)26-13-12(18)14(19,20)16(23,24)15(13,21)22/h5-6,8,27H,3-4,7H2,1-2H3. The molecule has 2 nitrogen and oxygen atoms in total. The largest absolute Gasteiger partial charge is 0.493 e. The second-order valence-corrected chi connectivity index (χ2v) is 10.5. The zero-order chi connectivity index (χ0) is 20.6. The summed E-state index contributed by atoms with van der Waals surface area (Å²) >= 11 is 5.97. The maximum absolute atomic E-state index is 13.7. The average Bonchev–Trinajstić information content (AvgIpc) is 2.66. The molecule has 2 rings (SSSR count). The maximum Gasteiger partial charge on any atom is 0.386 e. The van der Waals surface area contributed by atoms with Crippen molar-refractivity contribution in [2.24, 2.45) is 0 Å². The van der Waals surface area contributed by atoms with E-state index in [0.29, 0.717) is 12.0 Å². The number of halogens is 8. The molecule has 1 aromatic rings. The molecule has 1 unspecified atom stereocenters. The van der Waals surface area contributed by atoms with E-state index in [0.717, 1.165) is 25.6 Å². The van der Waals surface area contributed by atoms with Crippen LogP contribution in [0.3, 0.4) is 0 Å². The van der Waals surface area contributed by atoms with Gasteiger partial charge < -0.3 is 9.47 Å². The van der Waals surface area contributed by atoms with Crippen molar-refractivity contribution in [3.05, 3.63) is 35.3 Å². The normalized spacial score (nSPS) is 21.3. The van der Waals surface area contributed by atoms with E-state index in [1.54, 1.807) is 0 Å². The van der Waals surface area contributed by atoms with Crippen molar-refractivity contribution in [3.63, 3.8) is 0 Å². The Morgan fingerprint density at radius 3 is 2.15 bits per heavy atom. The number of allylic oxidation sites excluding steroid dienone is 2. The highest BCUT2D eigenvalue weighted by Crippen LogP contribution is 2.59. The van der Waals surface area contributed by atoms with Crippen molar-refractivity contribution in [2.75, 3.05) is 7.11 Å². The summed E-state index contributed by atoms with van der Waals surface area (Å²) < 4.78 is 103. The van der Waals surface area contributed by atoms with Crippen molar-refractivity contribution in [1.82, 2.24) is 0 Å². The van der Waals surface area contributed by atoms with E-state index in [1.807, 2.05) is 6.55 Å². The molecule has 0 spiro atoms. The van der Waals surface area contributed by atoms with Gasteiger partial charge in [-0.25, -0.2) is 4.39 Å². The van der Waals surface area contributed by atoms with Crippen LogP contribution in [0.5, 0.6) is 11.5 Å². The lowest BCUT2D eigenvalue weighted by Gasteiger charge is -2.24. The quantitative estimate of drug-likeness (QED) is 0.310. The Morgan fingerprint density at radius 1 is 1.04 bits per heavy atom. The van der Waals surface area contributed by atoms with E-state index in [1.165, 1.54) is 12.1 Å². The smallest absolute Gasteiger partial charge is 0.386 e. The molecule has 0 amide bonds. The van der Waals surface area contributed by atoms with Gasteiger partial charge in [0, 0.05) is 0 Å². The number of hydrogen-bond donors (Lipinski definition) is 0. The van der Waals surface area contributed by atoms with E-state index in [-0.39, 0.29) is 5.75 Å². The van der Waals surface area contributed by atoms with Crippen molar-refractivity contribution < 1.29 is 40.2 Å². The first-order valence-corrected chi connectivity index (χ1v) is 11.6. The molecule has 1 aromatic carbocycles. The second kappa shape index (κ2) is 7.54. The summed E-state index contributed by atoms with van der Waals surface area (Å²) in [6.45, 7) is 1.95. The van der Waals surface area contributed by atoms with Gasteiger partial charge in [-0.3, -0.25) is 0 Å². The number of hydrogen-bond acceptors (Lipinski definition) is 2. The van der Waals surface area contributed by atoms with Crippen LogP contribution >= 0.6 is 11.1 Å². The number of ether oxygens (including phenoxy) is 2. The molecule has 0 fully saturated rings. The van der Waals surface area contributed by atoms with E-state index in [4.69, 9.17) is 15.8 Å². The lowest BCUT2D eigenvalue weighted by Crippen LogP contribution is -2.49. The Morgan fingerprint density at radius 2 is 1.67 bits per heavy atom. The lowest BCUT2D eigenvalue weighted by molar-refractivity contribution is -0.272. The fourth-order valence-corrected chi connectivity index (χ4v) is 3.75. The molecule has 0 aromatic heterocycles. The van der Waals surface area contributed by atoms with Crippen LogP contribution in [-0.4, -0.2) is 33.0 Å². The minimum absolute atomic E-state index is 0.182. The Bertz CT molecular complexity index is 737. The Kier molecular flexibility index (Phi) is 6.10. The van der Waals surface area contributed by atoms with Gasteiger partial charge in [0.05, 0.1) is 7.11 Å². The van der Waals surface area contributed by atoms with Crippen LogP contribution < -0.4 is 9.47 Å². The summed E-state index contributed by atoms with van der Waals surface area (Å²) in [6.07, 6.45) is 1.33. The Labute approximate surface area is 157 Å². The monoisotopic (exact) mass is 436 g/mol. The van der Waals surface area contributed by atoms with Gasteiger partial charge in [0.25, 0.3) is 0 Å². The van der Waals surface area contributed by atoms with Gasteiger partial charge in [0.15, 0.2) is 11.5 Å². The van der Waals surface area contributed by atoms with Crippen LogP contribution in [0.25, 0.3) is 0 Å². The highest BCUT2D eigenvalue weighted by molar-refractivity contribution is 7.06. The molecule has 1 atom stereocenters. The molecule has 27 heavy (non-hydrogen) atoms. The van der Waals surface area contributed by atoms with Gasteiger partial charge in [0.2, 0.25) is 11.6 Å². The molecule has 0 N–H and O–H groups in total. The first kappa shape index (κ1) is 21.9. The predicted octanol–water partition coefficient (Wildman–Crippen LogP) is 5.70. The van der Waals surface area contributed by atoms with E-state index >= 15 is 0 Å². The van der Waals surface area contributed by atoms with Crippen LogP contribution in [0.15, 0.2) is 29.8 Å². The second-order valence-electron chi connectivity index (χ2n) is 6.13. The molecular weight excluding hydrogens is 421 g/mol. The number of aryl methyl sites for hydroxylation is 1. The summed E-state index contributed by atoms with van der Waals surface area (Å²) in [5, 5.41) is 0. The molecule has 0 bridgehead atoms. The molecule has 0 saturated carbocycles. The summed E-state index contributed by atoms with van der Waals surface area (Å²) in [5.74, 6) is -23.4. The van der Waals surface area contributed by atoms with Gasteiger partial charge in [-0.05, 0) is 30.2 Å². The Hall–Kier alpha value is -1.42. The fourth-order valence-electron chi connectivity index (χ4n) is 2.52. The van der Waals surface area contributed by atoms with Gasteiger partial charge in [0.1, 0.15) is 8.11 Å². The highest BCUT2D eigenvalue weighted by atomic mass is 35.6. The predicted molar refractivity (Wildman–Crippen MR) is 88.6 cm³/mol. The summed E-state index contributed by atoms with van der Waals surface area (Å²) in [6, 6.07) is 4.70. The summed E-state index contributed by atoms with van der Waals surface area (Å²) in [7, 11) is -0.127. The van der Waals surface area contributed by atoms with Crippen molar-refractivity contribution >= 4 is 19.2 Å². The van der Waals surface area contributed by atoms with Crippen LogP contribution in [0, 0.1) is 0 Å². The number of methoxy groups -OCH3 is 1. The fraction of sp³-hybridized carbons (Fsp3) is 0.500. The molecule has 1 aliphatic rings. The van der Waals surface area contributed by atoms with Crippen molar-refractivity contribution in [1.29, 1.82) is 0 Å². The molecule has 11 heteroatoms. The molecule has 152 valence electrons. The number of rotatable bonds is 7. The first-order chi connectivity index (χ1) is 12.4. The first-order valence-electron chi connectivity index (χ1n) is 7.89. The third kappa shape index (κ3) is 3.78. The third-order valence-corrected chi connectivity index (χ3v) is 5.91. The van der Waals surface area contributed by atoms with Gasteiger partial charge in [-0.2, -0.15) is 37.4 Å². The molecular formula is C16H16ClF7O2Si. The minimum atomic E-state index is -5.95. The van der Waals surface area contributed by atoms with Crippen LogP contribution in [0.1, 0.15) is 12.0 Å². The zero-order valence-electron chi connectivity index (χ0n) is 14.3. The molecule has 0 saturated heterocycles. The Balaban J connectivity index is 2.30. The van der Waals surface area contributed by atoms with Crippen LogP contribution in [0.2, 0.25) is 12.6 Å². The molecule has 0 radical (unpaired) electrons. The SMILES string of the molecule is COc1cc(CCC[SiH](C)Cl)ccc1OC1=C(F)C(F)(F)C(F)(F)C1(F)F. The lowest BCUT2D eigenvalue weighted by atomic mass is 10.1. The molecule has 1 aliphatic carbocycles. The van der Waals surface area contributed by atoms with E-state index in [2.05, 4.69) is 4.74 Å². The summed E-state index contributed by atoms with van der Waals surface area (Å²) in [4.78, 5) is 0. The average molecular weight is 437 g/mol. The number of alkyl halides is 6. The molecule has 0 heterocycles. The zero-order valence-corrected chi connectivity index (χ0v) is 16.2. The van der Waals surface area contributed by atoms with Gasteiger partial charge in [-0.1, -0.05) is 19.0 Å². The maximum atomic E-state index is 13.7. The van der Waals surface area contributed by atoms with E-state index in [9.17, 15) is 30.7 Å².